The second kappa shape index (κ2) is 18.3. The first kappa shape index (κ1) is 21.3. The molecule has 0 heterocycles. The Morgan fingerprint density at radius 3 is 1.68 bits per heavy atom. The van der Waals surface area contributed by atoms with Gasteiger partial charge in [-0.1, -0.05) is 90.9 Å². The molecule has 0 spiro atoms. The van der Waals surface area contributed by atoms with Crippen molar-refractivity contribution in [2.75, 3.05) is 13.1 Å². The molecule has 3 heteroatoms. The fourth-order valence-corrected chi connectivity index (χ4v) is 2.58. The van der Waals surface area contributed by atoms with Crippen molar-refractivity contribution in [3.05, 3.63) is 0 Å². The van der Waals surface area contributed by atoms with E-state index in [0.717, 1.165) is 19.4 Å². The monoisotopic (exact) mass is 311 g/mol. The minimum absolute atomic E-state index is 0.118. The van der Waals surface area contributed by atoms with Crippen molar-refractivity contribution in [3.63, 3.8) is 0 Å². The van der Waals surface area contributed by atoms with Gasteiger partial charge < -0.3 is 5.32 Å². The van der Waals surface area contributed by atoms with Crippen molar-refractivity contribution in [2.24, 2.45) is 0 Å². The normalized spacial score (nSPS) is 10.6. The second-order valence-corrected chi connectivity index (χ2v) is 6.36. The first-order valence-corrected chi connectivity index (χ1v) is 9.76. The number of nitrogens with one attached hydrogen (secondary N) is 1. The summed E-state index contributed by atoms with van der Waals surface area (Å²) < 4.78 is 0. The van der Waals surface area contributed by atoms with Gasteiger partial charge in [-0.3, -0.25) is 0 Å². The predicted octanol–water partition coefficient (Wildman–Crippen LogP) is 5.80. The molecule has 0 unspecified atom stereocenters. The lowest BCUT2D eigenvalue weighted by atomic mass is 10.1. The number of carbonyl (C=O) groups excluding carboxylic acids is 1. The molecule has 1 N–H and O–H groups in total. The second-order valence-electron chi connectivity index (χ2n) is 6.36. The standard InChI is InChI=1S/C19H39N2O/c1-3-5-7-9-10-11-12-13-14-16-18-21-19(22)20-17-15-8-6-4-2/h3-18H2,1-2H3,(H,20,22). The molecule has 22 heavy (non-hydrogen) atoms. The highest BCUT2D eigenvalue weighted by Gasteiger charge is 2.00. The van der Waals surface area contributed by atoms with E-state index in [1.807, 2.05) is 0 Å². The highest BCUT2D eigenvalue weighted by atomic mass is 16.2. The van der Waals surface area contributed by atoms with Crippen molar-refractivity contribution in [3.8, 4) is 0 Å². The van der Waals surface area contributed by atoms with Crippen LogP contribution in [0.3, 0.4) is 0 Å². The number of urea groups is 1. The summed E-state index contributed by atoms with van der Waals surface area (Å²) in [7, 11) is 0. The molecule has 0 saturated heterocycles. The summed E-state index contributed by atoms with van der Waals surface area (Å²) in [6.07, 6.45) is 18.0. The molecule has 0 aliphatic carbocycles. The Bertz CT molecular complexity index is 231. The summed E-state index contributed by atoms with van der Waals surface area (Å²) in [5, 5.41) is 6.93. The van der Waals surface area contributed by atoms with E-state index < -0.39 is 0 Å². The smallest absolute Gasteiger partial charge is 0.336 e. The molecule has 1 radical (unpaired) electrons. The fraction of sp³-hybridized carbons (Fsp3) is 0.947. The zero-order valence-electron chi connectivity index (χ0n) is 15.2. The molecule has 0 aromatic carbocycles. The van der Waals surface area contributed by atoms with Crippen molar-refractivity contribution in [1.82, 2.24) is 10.6 Å². The summed E-state index contributed by atoms with van der Waals surface area (Å²) in [4.78, 5) is 11.5. The van der Waals surface area contributed by atoms with Crippen LogP contribution in [0.4, 0.5) is 4.79 Å². The maximum absolute atomic E-state index is 11.5. The van der Waals surface area contributed by atoms with E-state index in [-0.39, 0.29) is 6.03 Å². The summed E-state index contributed by atoms with van der Waals surface area (Å²) in [6.45, 7) is 5.93. The molecule has 2 amide bonds. The third-order valence-electron chi connectivity index (χ3n) is 4.07. The average Bonchev–Trinajstić information content (AvgIpc) is 2.52. The Labute approximate surface area is 139 Å². The number of unbranched alkanes of at least 4 members (excludes halogenated alkanes) is 12. The number of nitrogens with zero attached hydrogens (tertiary/aromatic N) is 1. The van der Waals surface area contributed by atoms with Gasteiger partial charge in [-0.2, -0.15) is 0 Å². The van der Waals surface area contributed by atoms with E-state index in [4.69, 9.17) is 0 Å². The van der Waals surface area contributed by atoms with Gasteiger partial charge in [-0.25, -0.2) is 10.1 Å². The van der Waals surface area contributed by atoms with E-state index in [1.54, 1.807) is 0 Å². The highest BCUT2D eigenvalue weighted by Crippen LogP contribution is 2.10. The van der Waals surface area contributed by atoms with Gasteiger partial charge in [0.05, 0.1) is 0 Å². The van der Waals surface area contributed by atoms with Crippen LogP contribution in [0.15, 0.2) is 0 Å². The molecular weight excluding hydrogens is 272 g/mol. The first-order chi connectivity index (χ1) is 10.8. The Morgan fingerprint density at radius 1 is 0.682 bits per heavy atom. The first-order valence-electron chi connectivity index (χ1n) is 9.76. The van der Waals surface area contributed by atoms with Crippen molar-refractivity contribution in [2.45, 2.75) is 104 Å². The maximum Gasteiger partial charge on any atom is 0.336 e. The Kier molecular flexibility index (Phi) is 17.7. The van der Waals surface area contributed by atoms with Crippen molar-refractivity contribution >= 4 is 6.03 Å². The van der Waals surface area contributed by atoms with Crippen LogP contribution in [0.25, 0.3) is 0 Å². The molecule has 0 rings (SSSR count). The van der Waals surface area contributed by atoms with Gasteiger partial charge in [0.1, 0.15) is 0 Å². The van der Waals surface area contributed by atoms with E-state index >= 15 is 0 Å². The average molecular weight is 312 g/mol. The van der Waals surface area contributed by atoms with Crippen LogP contribution in [0, 0.1) is 0 Å². The SMILES string of the molecule is CCCCCCCCCCCC[N]C(=O)NCCCCCC. The largest absolute Gasteiger partial charge is 0.337 e. The van der Waals surface area contributed by atoms with Gasteiger partial charge in [0.15, 0.2) is 0 Å². The minimum Gasteiger partial charge on any atom is -0.337 e. The molecule has 0 aromatic heterocycles. The van der Waals surface area contributed by atoms with E-state index in [9.17, 15) is 4.79 Å². The lowest BCUT2D eigenvalue weighted by molar-refractivity contribution is 0.239. The fourth-order valence-electron chi connectivity index (χ4n) is 2.58. The lowest BCUT2D eigenvalue weighted by Crippen LogP contribution is -2.31. The Morgan fingerprint density at radius 2 is 1.14 bits per heavy atom. The number of rotatable bonds is 16. The van der Waals surface area contributed by atoms with E-state index in [0.29, 0.717) is 6.54 Å². The molecule has 0 saturated carbocycles. The summed E-state index contributed by atoms with van der Waals surface area (Å²) in [6, 6.07) is -0.118. The number of hydrogen-bond acceptors (Lipinski definition) is 1. The zero-order chi connectivity index (χ0) is 16.3. The number of amides is 2. The minimum atomic E-state index is -0.118. The Hall–Kier alpha value is -0.730. The molecule has 0 aliphatic heterocycles. The van der Waals surface area contributed by atoms with Crippen LogP contribution in [0.1, 0.15) is 104 Å². The van der Waals surface area contributed by atoms with Crippen LogP contribution in [0.5, 0.6) is 0 Å². The number of hydrogen-bond donors (Lipinski definition) is 1. The quantitative estimate of drug-likeness (QED) is 0.360. The topological polar surface area (TPSA) is 43.2 Å². The van der Waals surface area contributed by atoms with Crippen LogP contribution in [0.2, 0.25) is 0 Å². The summed E-state index contributed by atoms with van der Waals surface area (Å²) >= 11 is 0. The van der Waals surface area contributed by atoms with Crippen molar-refractivity contribution in [1.29, 1.82) is 0 Å². The van der Waals surface area contributed by atoms with Crippen LogP contribution in [-0.2, 0) is 0 Å². The van der Waals surface area contributed by atoms with Crippen LogP contribution < -0.4 is 10.6 Å². The van der Waals surface area contributed by atoms with Gasteiger partial charge in [0.2, 0.25) is 0 Å². The number of carbonyl (C=O) groups is 1. The van der Waals surface area contributed by atoms with Crippen molar-refractivity contribution < 1.29 is 4.79 Å². The third-order valence-corrected chi connectivity index (χ3v) is 4.07. The van der Waals surface area contributed by atoms with Gasteiger partial charge in [-0.05, 0) is 12.8 Å². The van der Waals surface area contributed by atoms with E-state index in [2.05, 4.69) is 24.5 Å². The van der Waals surface area contributed by atoms with Gasteiger partial charge in [0.25, 0.3) is 0 Å². The maximum atomic E-state index is 11.5. The molecule has 0 bridgehead atoms. The predicted molar refractivity (Wildman–Crippen MR) is 96.4 cm³/mol. The molecular formula is C19H39N2O. The van der Waals surface area contributed by atoms with Crippen LogP contribution >= 0.6 is 0 Å². The van der Waals surface area contributed by atoms with Crippen LogP contribution in [-0.4, -0.2) is 19.1 Å². The molecule has 0 aliphatic rings. The zero-order valence-corrected chi connectivity index (χ0v) is 15.2. The lowest BCUT2D eigenvalue weighted by Gasteiger charge is -2.05. The van der Waals surface area contributed by atoms with Gasteiger partial charge in [0, 0.05) is 13.1 Å². The van der Waals surface area contributed by atoms with E-state index in [1.165, 1.54) is 77.0 Å². The molecule has 3 nitrogen and oxygen atoms in total. The molecule has 0 fully saturated rings. The Balaban J connectivity index is 3.10. The highest BCUT2D eigenvalue weighted by molar-refractivity contribution is 5.73. The van der Waals surface area contributed by atoms with Gasteiger partial charge >= 0.3 is 6.03 Å². The molecule has 0 atom stereocenters. The molecule has 0 aromatic rings. The summed E-state index contributed by atoms with van der Waals surface area (Å²) in [5.74, 6) is 0. The molecule has 131 valence electrons. The third kappa shape index (κ3) is 17.3. The van der Waals surface area contributed by atoms with Gasteiger partial charge in [-0.15, -0.1) is 0 Å². The summed E-state index contributed by atoms with van der Waals surface area (Å²) in [5.41, 5.74) is 0.